The molecule has 0 radical (unpaired) electrons. The lowest BCUT2D eigenvalue weighted by Gasteiger charge is -2.33. The maximum Gasteiger partial charge on any atom is 0.0468 e. The predicted octanol–water partition coefficient (Wildman–Crippen LogP) is 18.7. The molecule has 0 atom stereocenters. The molecule has 0 aliphatic heterocycles. The first kappa shape index (κ1) is 46.6. The molecule has 0 heterocycles. The van der Waals surface area contributed by atoms with Crippen molar-refractivity contribution in [1.82, 2.24) is 0 Å². The molecular formula is C62H76N2. The quantitative estimate of drug-likeness (QED) is 0.154. The molecule has 0 fully saturated rings. The highest BCUT2D eigenvalue weighted by atomic mass is 15.1. The van der Waals surface area contributed by atoms with E-state index in [2.05, 4.69) is 268 Å². The first-order valence-corrected chi connectivity index (χ1v) is 23.6. The predicted molar refractivity (Wildman–Crippen MR) is 283 cm³/mol. The Balaban J connectivity index is 1.50. The molecule has 2 nitrogen and oxygen atoms in total. The Morgan fingerprint density at radius 1 is 0.219 bits per heavy atom. The fraction of sp³-hybridized carbons (Fsp3) is 0.387. The van der Waals surface area contributed by atoms with Crippen LogP contribution in [-0.4, -0.2) is 0 Å². The minimum atomic E-state index is -0.147. The molecule has 0 spiro atoms. The molecule has 0 saturated heterocycles. The molecule has 0 saturated carbocycles. The van der Waals surface area contributed by atoms with E-state index in [1.165, 1.54) is 54.9 Å². The maximum atomic E-state index is 2.48. The number of nitrogens with zero attached hydrogens (tertiary/aromatic N) is 2. The molecule has 7 aromatic rings. The van der Waals surface area contributed by atoms with Gasteiger partial charge in [0, 0.05) is 34.1 Å². The van der Waals surface area contributed by atoms with Crippen molar-refractivity contribution in [2.24, 2.45) is 0 Å². The molecule has 0 aliphatic rings. The third-order valence-corrected chi connectivity index (χ3v) is 13.1. The SMILES string of the molecule is CC(C)(C)c1ccc(N(c2ccc(C(C)(C)C)cc2)c2ccc3c(C(C)(C)C)c4cc(N(c5ccc(C(C)(C)C)cc5)c5ccc(C(C)(C)C)cc5)ccc4c(C(C)(C)C)c3c2)cc1. The number of hydrogen-bond donors (Lipinski definition) is 0. The van der Waals surface area contributed by atoms with Gasteiger partial charge in [0.05, 0.1) is 0 Å². The molecule has 7 aromatic carbocycles. The van der Waals surface area contributed by atoms with Crippen molar-refractivity contribution in [1.29, 1.82) is 0 Å². The van der Waals surface area contributed by atoms with Crippen molar-refractivity contribution in [3.8, 4) is 0 Å². The Kier molecular flexibility index (Phi) is 11.9. The van der Waals surface area contributed by atoms with Crippen molar-refractivity contribution in [3.63, 3.8) is 0 Å². The lowest BCUT2D eigenvalue weighted by Crippen LogP contribution is -2.19. The van der Waals surface area contributed by atoms with Gasteiger partial charge in [0.1, 0.15) is 0 Å². The van der Waals surface area contributed by atoms with Crippen LogP contribution < -0.4 is 9.80 Å². The zero-order valence-corrected chi connectivity index (χ0v) is 42.6. The fourth-order valence-electron chi connectivity index (χ4n) is 9.43. The minimum Gasteiger partial charge on any atom is -0.310 e. The van der Waals surface area contributed by atoms with Gasteiger partial charge in [0.2, 0.25) is 0 Å². The molecule has 2 heteroatoms. The number of hydrogen-bond acceptors (Lipinski definition) is 2. The number of benzene rings is 7. The largest absolute Gasteiger partial charge is 0.310 e. The molecular weight excluding hydrogens is 773 g/mol. The number of rotatable bonds is 6. The molecule has 0 aromatic heterocycles. The van der Waals surface area contributed by atoms with Crippen LogP contribution in [0.2, 0.25) is 0 Å². The fourth-order valence-corrected chi connectivity index (χ4v) is 9.43. The van der Waals surface area contributed by atoms with Gasteiger partial charge in [-0.05, 0) is 160 Å². The summed E-state index contributed by atoms with van der Waals surface area (Å²) in [6.07, 6.45) is 0. The van der Waals surface area contributed by atoms with Gasteiger partial charge in [0.25, 0.3) is 0 Å². The molecule has 0 aliphatic carbocycles. The molecule has 7 rings (SSSR count). The van der Waals surface area contributed by atoms with E-state index in [-0.39, 0.29) is 32.5 Å². The molecule has 0 N–H and O–H groups in total. The van der Waals surface area contributed by atoms with Gasteiger partial charge in [0.15, 0.2) is 0 Å². The van der Waals surface area contributed by atoms with Crippen LogP contribution in [0.3, 0.4) is 0 Å². The van der Waals surface area contributed by atoms with E-state index in [1.54, 1.807) is 0 Å². The summed E-state index contributed by atoms with van der Waals surface area (Å²) >= 11 is 0. The normalized spacial score (nSPS) is 13.2. The second-order valence-electron chi connectivity index (χ2n) is 24.6. The van der Waals surface area contributed by atoms with Crippen molar-refractivity contribution in [2.75, 3.05) is 9.80 Å². The van der Waals surface area contributed by atoms with Crippen LogP contribution in [0.1, 0.15) is 158 Å². The first-order chi connectivity index (χ1) is 29.5. The van der Waals surface area contributed by atoms with Crippen LogP contribution in [0.5, 0.6) is 0 Å². The van der Waals surface area contributed by atoms with Crippen molar-refractivity contribution < 1.29 is 0 Å². The second kappa shape index (κ2) is 16.3. The summed E-state index contributed by atoms with van der Waals surface area (Å²) in [5, 5.41) is 5.25. The third-order valence-electron chi connectivity index (χ3n) is 13.1. The van der Waals surface area contributed by atoms with Crippen LogP contribution in [-0.2, 0) is 32.5 Å². The molecule has 334 valence electrons. The second-order valence-corrected chi connectivity index (χ2v) is 24.6. The van der Waals surface area contributed by atoms with Gasteiger partial charge in [-0.1, -0.05) is 185 Å². The van der Waals surface area contributed by atoms with E-state index >= 15 is 0 Å². The van der Waals surface area contributed by atoms with Gasteiger partial charge in [-0.25, -0.2) is 0 Å². The van der Waals surface area contributed by atoms with Crippen LogP contribution in [0, 0.1) is 0 Å². The van der Waals surface area contributed by atoms with Crippen molar-refractivity contribution in [3.05, 3.63) is 167 Å². The molecule has 64 heavy (non-hydrogen) atoms. The van der Waals surface area contributed by atoms with E-state index in [0.717, 1.165) is 34.1 Å². The van der Waals surface area contributed by atoms with Crippen molar-refractivity contribution in [2.45, 2.75) is 157 Å². The highest BCUT2D eigenvalue weighted by Gasteiger charge is 2.30. The number of fused-ring (bicyclic) bond motifs is 2. The van der Waals surface area contributed by atoms with Crippen molar-refractivity contribution >= 4 is 55.7 Å². The van der Waals surface area contributed by atoms with E-state index in [1.807, 2.05) is 0 Å². The molecule has 0 amide bonds. The zero-order valence-electron chi connectivity index (χ0n) is 42.6. The summed E-state index contributed by atoms with van der Waals surface area (Å²) in [7, 11) is 0. The highest BCUT2D eigenvalue weighted by molar-refractivity contribution is 6.10. The zero-order chi connectivity index (χ0) is 46.9. The summed E-state index contributed by atoms with van der Waals surface area (Å²) in [6.45, 7) is 41.7. The molecule has 0 bridgehead atoms. The van der Waals surface area contributed by atoms with Crippen LogP contribution >= 0.6 is 0 Å². The van der Waals surface area contributed by atoms with Crippen LogP contribution in [0.25, 0.3) is 21.5 Å². The Labute approximate surface area is 387 Å². The monoisotopic (exact) mass is 849 g/mol. The average Bonchev–Trinajstić information content (AvgIpc) is 3.18. The molecule has 0 unspecified atom stereocenters. The maximum absolute atomic E-state index is 2.48. The third kappa shape index (κ3) is 9.40. The smallest absolute Gasteiger partial charge is 0.0468 e. The van der Waals surface area contributed by atoms with E-state index in [0.29, 0.717) is 0 Å². The van der Waals surface area contributed by atoms with Gasteiger partial charge in [-0.2, -0.15) is 0 Å². The van der Waals surface area contributed by atoms with Gasteiger partial charge < -0.3 is 9.80 Å². The number of anilines is 6. The Morgan fingerprint density at radius 2 is 0.422 bits per heavy atom. The lowest BCUT2D eigenvalue weighted by molar-refractivity contribution is 0.590. The summed E-state index contributed by atoms with van der Waals surface area (Å²) < 4.78 is 0. The van der Waals surface area contributed by atoms with E-state index in [9.17, 15) is 0 Å². The van der Waals surface area contributed by atoms with Gasteiger partial charge in [-0.3, -0.25) is 0 Å². The van der Waals surface area contributed by atoms with Crippen LogP contribution in [0.15, 0.2) is 133 Å². The Bertz CT molecular complexity index is 2450. The summed E-state index contributed by atoms with van der Waals surface area (Å²) in [6, 6.07) is 51.3. The van der Waals surface area contributed by atoms with Crippen LogP contribution in [0.4, 0.5) is 34.1 Å². The van der Waals surface area contributed by atoms with E-state index in [4.69, 9.17) is 0 Å². The van der Waals surface area contributed by atoms with Gasteiger partial charge in [-0.15, -0.1) is 0 Å². The summed E-state index contributed by atoms with van der Waals surface area (Å²) in [5.74, 6) is 0. The summed E-state index contributed by atoms with van der Waals surface area (Å²) in [5.41, 5.74) is 15.0. The summed E-state index contributed by atoms with van der Waals surface area (Å²) in [4.78, 5) is 4.89. The minimum absolute atomic E-state index is 0.0668. The first-order valence-electron chi connectivity index (χ1n) is 23.6. The standard InChI is InChI=1S/C62H76N2/c1-57(2,3)41-19-27-45(28-20-41)63(46-29-21-42(22-30-46)58(4,5)6)49-35-37-51-53(39-49)55(61(13,14)15)52-38-36-50(40-54(52)56(51)62(16,17)18)64(47-31-23-43(24-32-47)59(7,8)9)48-33-25-44(26-34-48)60(10,11)12/h19-40H,1-18H3. The lowest BCUT2D eigenvalue weighted by atomic mass is 9.74. The topological polar surface area (TPSA) is 6.48 Å². The Morgan fingerprint density at radius 3 is 0.609 bits per heavy atom. The Hall–Kier alpha value is -5.34. The van der Waals surface area contributed by atoms with Gasteiger partial charge >= 0.3 is 0 Å². The highest BCUT2D eigenvalue weighted by Crippen LogP contribution is 2.48. The van der Waals surface area contributed by atoms with E-state index < -0.39 is 0 Å². The average molecular weight is 849 g/mol.